The highest BCUT2D eigenvalue weighted by Gasteiger charge is 2.19. The quantitative estimate of drug-likeness (QED) is 0.788. The van der Waals surface area contributed by atoms with Crippen LogP contribution in [0, 0.1) is 4.77 Å². The van der Waals surface area contributed by atoms with Gasteiger partial charge in [-0.1, -0.05) is 31.4 Å². The first-order chi connectivity index (χ1) is 12.6. The van der Waals surface area contributed by atoms with Crippen molar-refractivity contribution in [3.8, 4) is 0 Å². The summed E-state index contributed by atoms with van der Waals surface area (Å²) in [5.74, 6) is -0.0736. The predicted molar refractivity (Wildman–Crippen MR) is 102 cm³/mol. The molecular formula is C18H26N6OS. The molecule has 0 radical (unpaired) electrons. The normalized spacial score (nSPS) is 15.3. The van der Waals surface area contributed by atoms with E-state index < -0.39 is 0 Å². The SMILES string of the molecule is CNC(=O)c1ccc(CN(C)Cn2nnn(C3CCCCC3)c2=S)cc1. The van der Waals surface area contributed by atoms with Gasteiger partial charge in [-0.3, -0.25) is 9.69 Å². The first-order valence-corrected chi connectivity index (χ1v) is 9.51. The van der Waals surface area contributed by atoms with Gasteiger partial charge in [-0.15, -0.1) is 0 Å². The number of benzene rings is 1. The van der Waals surface area contributed by atoms with Gasteiger partial charge in [0.1, 0.15) is 0 Å². The van der Waals surface area contributed by atoms with Crippen LogP contribution in [0.1, 0.15) is 54.1 Å². The molecule has 1 N–H and O–H groups in total. The van der Waals surface area contributed by atoms with Gasteiger partial charge < -0.3 is 5.32 Å². The van der Waals surface area contributed by atoms with Gasteiger partial charge in [0, 0.05) is 19.2 Å². The van der Waals surface area contributed by atoms with Gasteiger partial charge in [-0.05, 0) is 60.2 Å². The number of aromatic nitrogens is 4. The second kappa shape index (κ2) is 8.55. The number of carbonyl (C=O) groups excluding carboxylic acids is 1. The van der Waals surface area contributed by atoms with E-state index in [1.807, 2.05) is 36.0 Å². The van der Waals surface area contributed by atoms with E-state index in [0.29, 0.717) is 23.0 Å². The lowest BCUT2D eigenvalue weighted by Gasteiger charge is -2.21. The number of nitrogens with one attached hydrogen (secondary N) is 1. The van der Waals surface area contributed by atoms with Crippen LogP contribution in [-0.4, -0.2) is 44.7 Å². The molecule has 26 heavy (non-hydrogen) atoms. The number of hydrogen-bond acceptors (Lipinski definition) is 5. The first-order valence-electron chi connectivity index (χ1n) is 9.10. The molecule has 0 spiro atoms. The fourth-order valence-electron chi connectivity index (χ4n) is 3.43. The van der Waals surface area contributed by atoms with Crippen molar-refractivity contribution >= 4 is 18.1 Å². The average molecular weight is 375 g/mol. The van der Waals surface area contributed by atoms with Crippen LogP contribution < -0.4 is 5.32 Å². The van der Waals surface area contributed by atoms with Crippen LogP contribution in [0.25, 0.3) is 0 Å². The van der Waals surface area contributed by atoms with Crippen molar-refractivity contribution in [1.29, 1.82) is 0 Å². The van der Waals surface area contributed by atoms with Crippen LogP contribution in [-0.2, 0) is 13.2 Å². The molecule has 7 nitrogen and oxygen atoms in total. The van der Waals surface area contributed by atoms with Crippen molar-refractivity contribution in [3.05, 3.63) is 40.2 Å². The van der Waals surface area contributed by atoms with Crippen LogP contribution in [0.4, 0.5) is 0 Å². The molecular weight excluding hydrogens is 348 g/mol. The van der Waals surface area contributed by atoms with Crippen molar-refractivity contribution in [2.24, 2.45) is 0 Å². The Labute approximate surface area is 159 Å². The summed E-state index contributed by atoms with van der Waals surface area (Å²) in [4.78, 5) is 13.7. The molecule has 3 rings (SSSR count). The number of carbonyl (C=O) groups is 1. The third-order valence-corrected chi connectivity index (χ3v) is 5.25. The Balaban J connectivity index is 1.61. The van der Waals surface area contributed by atoms with E-state index in [2.05, 4.69) is 20.6 Å². The zero-order valence-electron chi connectivity index (χ0n) is 15.4. The molecule has 0 atom stereocenters. The highest BCUT2D eigenvalue weighted by molar-refractivity contribution is 7.71. The maximum atomic E-state index is 11.6. The maximum absolute atomic E-state index is 11.6. The van der Waals surface area contributed by atoms with E-state index >= 15 is 0 Å². The molecule has 1 amide bonds. The van der Waals surface area contributed by atoms with E-state index in [1.165, 1.54) is 19.3 Å². The standard InChI is InChI=1S/C18H26N6OS/c1-19-17(25)15-10-8-14(9-11-15)12-22(2)13-23-18(26)24(21-20-23)16-6-4-3-5-7-16/h8-11,16H,3-7,12-13H2,1-2H3,(H,19,25). The molecule has 0 aliphatic heterocycles. The van der Waals surface area contributed by atoms with E-state index in [4.69, 9.17) is 12.2 Å². The van der Waals surface area contributed by atoms with Crippen molar-refractivity contribution < 1.29 is 4.79 Å². The first kappa shape index (κ1) is 18.7. The summed E-state index contributed by atoms with van der Waals surface area (Å²) in [6.07, 6.45) is 6.07. The zero-order chi connectivity index (χ0) is 18.5. The van der Waals surface area contributed by atoms with Gasteiger partial charge in [0.25, 0.3) is 5.91 Å². The number of rotatable bonds is 6. The third-order valence-electron chi connectivity index (χ3n) is 4.85. The molecule has 1 aliphatic rings. The molecule has 1 aromatic carbocycles. The molecule has 0 unspecified atom stereocenters. The minimum Gasteiger partial charge on any atom is -0.355 e. The molecule has 1 saturated carbocycles. The highest BCUT2D eigenvalue weighted by Crippen LogP contribution is 2.27. The number of tetrazole rings is 1. The summed E-state index contributed by atoms with van der Waals surface area (Å²) in [5, 5.41) is 11.2. The van der Waals surface area contributed by atoms with Crippen LogP contribution in [0.3, 0.4) is 0 Å². The third kappa shape index (κ3) is 4.37. The summed E-state index contributed by atoms with van der Waals surface area (Å²) < 4.78 is 4.39. The van der Waals surface area contributed by atoms with Gasteiger partial charge in [-0.25, -0.2) is 9.36 Å². The lowest BCUT2D eigenvalue weighted by molar-refractivity contribution is 0.0963. The zero-order valence-corrected chi connectivity index (χ0v) is 16.2. The second-order valence-corrected chi connectivity index (χ2v) is 7.29. The molecule has 2 aromatic rings. The minimum atomic E-state index is -0.0736. The van der Waals surface area contributed by atoms with Gasteiger partial charge >= 0.3 is 0 Å². The Bertz CT molecular complexity index is 791. The van der Waals surface area contributed by atoms with Gasteiger partial charge in [-0.2, -0.15) is 0 Å². The fourth-order valence-corrected chi connectivity index (χ4v) is 3.71. The van der Waals surface area contributed by atoms with Crippen LogP contribution in [0.5, 0.6) is 0 Å². The van der Waals surface area contributed by atoms with Crippen LogP contribution >= 0.6 is 12.2 Å². The molecule has 1 fully saturated rings. The topological polar surface area (TPSA) is 68.0 Å². The molecule has 1 aromatic heterocycles. The van der Waals surface area contributed by atoms with Crippen LogP contribution in [0.15, 0.2) is 24.3 Å². The van der Waals surface area contributed by atoms with Gasteiger partial charge in [0.05, 0.1) is 12.7 Å². The van der Waals surface area contributed by atoms with E-state index in [-0.39, 0.29) is 5.91 Å². The van der Waals surface area contributed by atoms with Crippen molar-refractivity contribution in [2.75, 3.05) is 14.1 Å². The Kier molecular flexibility index (Phi) is 6.16. The summed E-state index contributed by atoms with van der Waals surface area (Å²) in [6, 6.07) is 8.02. The summed E-state index contributed by atoms with van der Waals surface area (Å²) >= 11 is 5.58. The lowest BCUT2D eigenvalue weighted by atomic mass is 9.96. The molecule has 1 heterocycles. The maximum Gasteiger partial charge on any atom is 0.251 e. The minimum absolute atomic E-state index is 0.0736. The van der Waals surface area contributed by atoms with Gasteiger partial charge in [0.2, 0.25) is 4.77 Å². The van der Waals surface area contributed by atoms with Crippen LogP contribution in [0.2, 0.25) is 0 Å². The predicted octanol–water partition coefficient (Wildman–Crippen LogP) is 2.76. The number of nitrogens with zero attached hydrogens (tertiary/aromatic N) is 5. The van der Waals surface area contributed by atoms with Gasteiger partial charge in [0.15, 0.2) is 0 Å². The summed E-state index contributed by atoms with van der Waals surface area (Å²) in [5.41, 5.74) is 1.79. The monoisotopic (exact) mass is 374 g/mol. The summed E-state index contributed by atoms with van der Waals surface area (Å²) in [6.45, 7) is 1.33. The molecule has 0 saturated heterocycles. The Morgan fingerprint density at radius 3 is 2.58 bits per heavy atom. The smallest absolute Gasteiger partial charge is 0.251 e. The lowest BCUT2D eigenvalue weighted by Crippen LogP contribution is -2.23. The molecule has 0 bridgehead atoms. The highest BCUT2D eigenvalue weighted by atomic mass is 32.1. The van der Waals surface area contributed by atoms with E-state index in [1.54, 1.807) is 11.7 Å². The van der Waals surface area contributed by atoms with E-state index in [9.17, 15) is 4.79 Å². The Morgan fingerprint density at radius 2 is 1.92 bits per heavy atom. The van der Waals surface area contributed by atoms with E-state index in [0.717, 1.165) is 24.9 Å². The number of amides is 1. The Hall–Kier alpha value is -2.06. The largest absolute Gasteiger partial charge is 0.355 e. The molecule has 140 valence electrons. The number of hydrogen-bond donors (Lipinski definition) is 1. The van der Waals surface area contributed by atoms with Crippen molar-refractivity contribution in [2.45, 2.75) is 51.4 Å². The second-order valence-electron chi connectivity index (χ2n) is 6.93. The summed E-state index contributed by atoms with van der Waals surface area (Å²) in [7, 11) is 3.65. The molecule has 1 aliphatic carbocycles. The van der Waals surface area contributed by atoms with Crippen molar-refractivity contribution in [3.63, 3.8) is 0 Å². The Morgan fingerprint density at radius 1 is 1.23 bits per heavy atom. The van der Waals surface area contributed by atoms with Crippen molar-refractivity contribution in [1.82, 2.24) is 30.0 Å². The fraction of sp³-hybridized carbons (Fsp3) is 0.556. The molecule has 8 heteroatoms. The average Bonchev–Trinajstić information content (AvgIpc) is 3.02.